The van der Waals surface area contributed by atoms with Gasteiger partial charge in [0.05, 0.1) is 7.11 Å². The lowest BCUT2D eigenvalue weighted by atomic mass is 9.95. The highest BCUT2D eigenvalue weighted by molar-refractivity contribution is 5.31. The van der Waals surface area contributed by atoms with Gasteiger partial charge in [0.15, 0.2) is 11.6 Å². The molecule has 0 saturated heterocycles. The number of methoxy groups -OCH3 is 1. The summed E-state index contributed by atoms with van der Waals surface area (Å²) < 4.78 is 30.4. The average Bonchev–Trinajstić information content (AvgIpc) is 2.20. The second-order valence-corrected chi connectivity index (χ2v) is 3.93. The first-order chi connectivity index (χ1) is 6.98. The summed E-state index contributed by atoms with van der Waals surface area (Å²) in [6.45, 7) is 0.996. The molecule has 2 nitrogen and oxygen atoms in total. The third-order valence-corrected chi connectivity index (χ3v) is 2.13. The van der Waals surface area contributed by atoms with Crippen molar-refractivity contribution in [2.75, 3.05) is 13.8 Å². The molecule has 0 spiro atoms. The van der Waals surface area contributed by atoms with Gasteiger partial charge in [0.1, 0.15) is 6.67 Å². The van der Waals surface area contributed by atoms with Crippen molar-refractivity contribution in [1.29, 1.82) is 0 Å². The Morgan fingerprint density at radius 1 is 1.47 bits per heavy atom. The Kier molecular flexibility index (Phi) is 3.63. The van der Waals surface area contributed by atoms with Crippen LogP contribution in [0.3, 0.4) is 0 Å². The number of hydrogen-bond donors (Lipinski definition) is 1. The van der Waals surface area contributed by atoms with Crippen LogP contribution in [-0.4, -0.2) is 19.3 Å². The van der Waals surface area contributed by atoms with Crippen molar-refractivity contribution in [3.8, 4) is 5.75 Å². The average molecular weight is 215 g/mol. The van der Waals surface area contributed by atoms with Crippen LogP contribution in [0.5, 0.6) is 5.75 Å². The van der Waals surface area contributed by atoms with E-state index in [4.69, 9.17) is 10.5 Å². The van der Waals surface area contributed by atoms with Crippen LogP contribution in [0.1, 0.15) is 12.5 Å². The summed E-state index contributed by atoms with van der Waals surface area (Å²) in [6.07, 6.45) is 0.347. The van der Waals surface area contributed by atoms with E-state index in [2.05, 4.69) is 0 Å². The van der Waals surface area contributed by atoms with Crippen LogP contribution in [0.4, 0.5) is 8.78 Å². The highest BCUT2D eigenvalue weighted by Crippen LogP contribution is 2.20. The first-order valence-corrected chi connectivity index (χ1v) is 4.66. The molecule has 0 heterocycles. The molecule has 0 aromatic heterocycles. The highest BCUT2D eigenvalue weighted by atomic mass is 19.1. The van der Waals surface area contributed by atoms with Crippen LogP contribution >= 0.6 is 0 Å². The number of nitrogens with two attached hydrogens (primary N) is 1. The van der Waals surface area contributed by atoms with Gasteiger partial charge >= 0.3 is 0 Å². The van der Waals surface area contributed by atoms with E-state index in [0.29, 0.717) is 6.42 Å². The molecule has 1 atom stereocenters. The lowest BCUT2D eigenvalue weighted by Crippen LogP contribution is -2.40. The molecule has 1 unspecified atom stereocenters. The molecule has 0 fully saturated rings. The van der Waals surface area contributed by atoms with Crippen molar-refractivity contribution in [3.05, 3.63) is 29.6 Å². The van der Waals surface area contributed by atoms with Gasteiger partial charge in [0.2, 0.25) is 0 Å². The predicted molar refractivity (Wildman–Crippen MR) is 55.2 cm³/mol. The third kappa shape index (κ3) is 3.16. The number of halogens is 2. The summed E-state index contributed by atoms with van der Waals surface area (Å²) in [5.41, 5.74) is 5.51. The molecular weight excluding hydrogens is 200 g/mol. The van der Waals surface area contributed by atoms with E-state index in [1.165, 1.54) is 19.2 Å². The van der Waals surface area contributed by atoms with E-state index in [-0.39, 0.29) is 5.75 Å². The molecule has 1 aromatic rings. The quantitative estimate of drug-likeness (QED) is 0.834. The summed E-state index contributed by atoms with van der Waals surface area (Å²) in [6, 6.07) is 4.41. The van der Waals surface area contributed by atoms with Crippen LogP contribution in [-0.2, 0) is 6.42 Å². The minimum Gasteiger partial charge on any atom is -0.494 e. The Hall–Kier alpha value is -1.16. The standard InChI is InChI=1S/C11H15F2NO/c1-11(14,7-12)6-8-3-4-9(13)10(5-8)15-2/h3-5H,6-7,14H2,1-2H3. The molecule has 84 valence electrons. The highest BCUT2D eigenvalue weighted by Gasteiger charge is 2.19. The van der Waals surface area contributed by atoms with Gasteiger partial charge < -0.3 is 10.5 Å². The van der Waals surface area contributed by atoms with E-state index in [0.717, 1.165) is 5.56 Å². The van der Waals surface area contributed by atoms with E-state index >= 15 is 0 Å². The molecule has 1 rings (SSSR count). The van der Waals surface area contributed by atoms with Crippen LogP contribution in [0.25, 0.3) is 0 Å². The van der Waals surface area contributed by atoms with Crippen LogP contribution in [0.15, 0.2) is 18.2 Å². The topological polar surface area (TPSA) is 35.2 Å². The van der Waals surface area contributed by atoms with Crippen LogP contribution in [0.2, 0.25) is 0 Å². The molecule has 0 radical (unpaired) electrons. The van der Waals surface area contributed by atoms with Gasteiger partial charge in [0, 0.05) is 5.54 Å². The van der Waals surface area contributed by atoms with Crippen molar-refractivity contribution in [3.63, 3.8) is 0 Å². The first-order valence-electron chi connectivity index (χ1n) is 4.66. The number of hydrogen-bond acceptors (Lipinski definition) is 2. The van der Waals surface area contributed by atoms with Crippen molar-refractivity contribution >= 4 is 0 Å². The predicted octanol–water partition coefficient (Wildman–Crippen LogP) is 2.06. The normalized spacial score (nSPS) is 14.7. The molecule has 2 N–H and O–H groups in total. The van der Waals surface area contributed by atoms with E-state index in [1.54, 1.807) is 13.0 Å². The van der Waals surface area contributed by atoms with Crippen molar-refractivity contribution in [2.45, 2.75) is 18.9 Å². The molecule has 4 heteroatoms. The molecule has 0 aliphatic rings. The summed E-state index contributed by atoms with van der Waals surface area (Å²) in [4.78, 5) is 0. The minimum atomic E-state index is -0.914. The summed E-state index contributed by atoms with van der Waals surface area (Å²) >= 11 is 0. The first kappa shape index (κ1) is 11.9. The summed E-state index contributed by atoms with van der Waals surface area (Å²) in [7, 11) is 1.39. The minimum absolute atomic E-state index is 0.155. The summed E-state index contributed by atoms with van der Waals surface area (Å²) in [5, 5.41) is 0. The van der Waals surface area contributed by atoms with Gasteiger partial charge in [-0.05, 0) is 31.0 Å². The molecular formula is C11H15F2NO. The maximum Gasteiger partial charge on any atom is 0.165 e. The Bertz CT molecular complexity index is 339. The van der Waals surface area contributed by atoms with Gasteiger partial charge in [-0.25, -0.2) is 8.78 Å². The van der Waals surface area contributed by atoms with Crippen molar-refractivity contribution in [1.82, 2.24) is 0 Å². The van der Waals surface area contributed by atoms with Gasteiger partial charge in [-0.2, -0.15) is 0 Å². The molecule has 0 saturated carbocycles. The zero-order chi connectivity index (χ0) is 11.5. The molecule has 0 aliphatic carbocycles. The monoisotopic (exact) mass is 215 g/mol. The molecule has 0 amide bonds. The Labute approximate surface area is 88.0 Å². The van der Waals surface area contributed by atoms with E-state index < -0.39 is 18.0 Å². The fourth-order valence-corrected chi connectivity index (χ4v) is 1.33. The second-order valence-electron chi connectivity index (χ2n) is 3.93. The molecule has 15 heavy (non-hydrogen) atoms. The van der Waals surface area contributed by atoms with Gasteiger partial charge in [-0.1, -0.05) is 6.07 Å². The zero-order valence-electron chi connectivity index (χ0n) is 8.89. The second kappa shape index (κ2) is 4.57. The Morgan fingerprint density at radius 3 is 2.67 bits per heavy atom. The fraction of sp³-hybridized carbons (Fsp3) is 0.455. The number of ether oxygens (including phenoxy) is 1. The van der Waals surface area contributed by atoms with Crippen LogP contribution < -0.4 is 10.5 Å². The number of alkyl halides is 1. The molecule has 0 bridgehead atoms. The van der Waals surface area contributed by atoms with Crippen molar-refractivity contribution < 1.29 is 13.5 Å². The van der Waals surface area contributed by atoms with E-state index in [1.807, 2.05) is 0 Å². The number of rotatable bonds is 4. The Morgan fingerprint density at radius 2 is 2.13 bits per heavy atom. The molecule has 1 aromatic carbocycles. The largest absolute Gasteiger partial charge is 0.494 e. The lowest BCUT2D eigenvalue weighted by Gasteiger charge is -2.20. The zero-order valence-corrected chi connectivity index (χ0v) is 8.89. The van der Waals surface area contributed by atoms with Crippen molar-refractivity contribution in [2.24, 2.45) is 5.73 Å². The van der Waals surface area contributed by atoms with Gasteiger partial charge in [-0.3, -0.25) is 0 Å². The fourth-order valence-electron chi connectivity index (χ4n) is 1.33. The van der Waals surface area contributed by atoms with Crippen LogP contribution in [0, 0.1) is 5.82 Å². The SMILES string of the molecule is COc1cc(CC(C)(N)CF)ccc1F. The summed E-state index contributed by atoms with van der Waals surface area (Å²) in [5.74, 6) is -0.276. The van der Waals surface area contributed by atoms with Gasteiger partial charge in [0.25, 0.3) is 0 Å². The lowest BCUT2D eigenvalue weighted by molar-refractivity contribution is 0.326. The smallest absolute Gasteiger partial charge is 0.165 e. The molecule has 0 aliphatic heterocycles. The Balaban J connectivity index is 2.87. The maximum absolute atomic E-state index is 13.1. The maximum atomic E-state index is 13.1. The van der Waals surface area contributed by atoms with E-state index in [9.17, 15) is 8.78 Å². The third-order valence-electron chi connectivity index (χ3n) is 2.13. The number of benzene rings is 1. The van der Waals surface area contributed by atoms with Gasteiger partial charge in [-0.15, -0.1) is 0 Å².